The van der Waals surface area contributed by atoms with Gasteiger partial charge in [-0.2, -0.15) is 0 Å². The predicted octanol–water partition coefficient (Wildman–Crippen LogP) is 28.9. The summed E-state index contributed by atoms with van der Waals surface area (Å²) in [5, 5.41) is 23.3. The van der Waals surface area contributed by atoms with Gasteiger partial charge in [-0.25, -0.2) is 0 Å². The molecule has 0 aromatic carbocycles. The zero-order chi connectivity index (χ0) is 67.7. The maximum absolute atomic E-state index is 12.6. The molecule has 0 saturated carbocycles. The molecule has 0 aliphatic heterocycles. The molecule has 1 amide bonds. The molecule has 0 saturated heterocycles. The number of carbonyl (C=O) groups excluding carboxylic acids is 2. The Bertz CT molecular complexity index is 1520. The van der Waals surface area contributed by atoms with E-state index >= 15 is 0 Å². The number of amides is 1. The topological polar surface area (TPSA) is 95.9 Å². The second-order valence-corrected chi connectivity index (χ2v) is 29.9. The molecule has 0 heterocycles. The zero-order valence-corrected chi connectivity index (χ0v) is 64.0. The standard InChI is InChI=1S/C88H169NO5/c1-3-5-7-9-11-13-15-17-19-21-22-42-45-49-52-56-60-64-68-72-76-80-86(91)85(84-90)89-87(92)81-77-73-69-65-61-57-53-50-46-43-40-38-36-34-32-30-28-26-24-23-25-27-29-31-33-35-37-39-41-44-47-51-55-59-63-67-71-75-79-83-94-88(93)82-78-74-70-66-62-58-54-48-20-18-16-14-12-10-8-6-4-2/h23-24,27,29,76,80,85-86,90-91H,3-22,25-26,28,30-75,77-79,81-84H2,1-2H3,(H,89,92)/b24-23-,29-27-,80-76+. The van der Waals surface area contributed by atoms with Crippen LogP contribution in [0.5, 0.6) is 0 Å². The van der Waals surface area contributed by atoms with Crippen LogP contribution in [0.2, 0.25) is 0 Å². The van der Waals surface area contributed by atoms with E-state index in [1.54, 1.807) is 6.08 Å². The molecule has 0 aliphatic carbocycles. The highest BCUT2D eigenvalue weighted by Gasteiger charge is 2.18. The second-order valence-electron chi connectivity index (χ2n) is 29.9. The SMILES string of the molecule is CCCCCCCCCCCCCCCCCCCCC/C=C/C(O)C(CO)NC(=O)CCCCCCCCCCCCCCCCCCC/C=C\C/C=C\CCCCCCCCCCCCCCCCCOC(=O)CCCCCCCCCCCCCCCCCCC. The summed E-state index contributed by atoms with van der Waals surface area (Å²) in [7, 11) is 0. The first-order valence-electron chi connectivity index (χ1n) is 43.3. The number of carbonyl (C=O) groups is 2. The van der Waals surface area contributed by atoms with Gasteiger partial charge >= 0.3 is 5.97 Å². The fourth-order valence-electron chi connectivity index (χ4n) is 13.8. The molecule has 3 N–H and O–H groups in total. The lowest BCUT2D eigenvalue weighted by Crippen LogP contribution is -2.45. The van der Waals surface area contributed by atoms with Crippen LogP contribution in [-0.4, -0.2) is 47.4 Å². The van der Waals surface area contributed by atoms with Crippen LogP contribution in [-0.2, 0) is 14.3 Å². The monoisotopic (exact) mass is 1320 g/mol. The van der Waals surface area contributed by atoms with E-state index in [0.29, 0.717) is 19.4 Å². The molecule has 556 valence electrons. The maximum atomic E-state index is 12.6. The number of unbranched alkanes of at least 4 members (excludes halogenated alkanes) is 67. The van der Waals surface area contributed by atoms with Crippen molar-refractivity contribution in [2.75, 3.05) is 13.2 Å². The Hall–Kier alpha value is -1.92. The van der Waals surface area contributed by atoms with Gasteiger partial charge in [0.05, 0.1) is 25.4 Å². The van der Waals surface area contributed by atoms with Crippen molar-refractivity contribution < 1.29 is 24.5 Å². The number of esters is 1. The molecule has 6 nitrogen and oxygen atoms in total. The molecular weight excluding hydrogens is 1150 g/mol. The summed E-state index contributed by atoms with van der Waals surface area (Å²) in [6.07, 6.45) is 110. The van der Waals surface area contributed by atoms with Gasteiger partial charge in [0.1, 0.15) is 0 Å². The summed E-state index contributed by atoms with van der Waals surface area (Å²) in [5.74, 6) is -0.0349. The van der Waals surface area contributed by atoms with Gasteiger partial charge in [0.2, 0.25) is 5.91 Å². The van der Waals surface area contributed by atoms with Crippen LogP contribution < -0.4 is 5.32 Å². The van der Waals surface area contributed by atoms with Gasteiger partial charge < -0.3 is 20.3 Å². The first-order valence-corrected chi connectivity index (χ1v) is 43.3. The number of allylic oxidation sites excluding steroid dienone is 5. The Kier molecular flexibility index (Phi) is 81.8. The van der Waals surface area contributed by atoms with Crippen molar-refractivity contribution in [2.24, 2.45) is 0 Å². The molecule has 2 unspecified atom stereocenters. The third kappa shape index (κ3) is 79.1. The summed E-state index contributed by atoms with van der Waals surface area (Å²) in [6.45, 7) is 4.97. The van der Waals surface area contributed by atoms with Crippen LogP contribution in [0.25, 0.3) is 0 Å². The first-order chi connectivity index (χ1) is 46.5. The number of aliphatic hydroxyl groups excluding tert-OH is 2. The molecule has 0 spiro atoms. The van der Waals surface area contributed by atoms with E-state index in [0.717, 1.165) is 44.9 Å². The van der Waals surface area contributed by atoms with Gasteiger partial charge in [0.15, 0.2) is 0 Å². The van der Waals surface area contributed by atoms with Gasteiger partial charge in [-0.05, 0) is 64.2 Å². The van der Waals surface area contributed by atoms with Crippen LogP contribution in [0.4, 0.5) is 0 Å². The van der Waals surface area contributed by atoms with Crippen LogP contribution >= 0.6 is 0 Å². The average Bonchev–Trinajstić information content (AvgIpc) is 3.74. The van der Waals surface area contributed by atoms with E-state index in [2.05, 4.69) is 43.5 Å². The smallest absolute Gasteiger partial charge is 0.305 e. The van der Waals surface area contributed by atoms with Crippen molar-refractivity contribution in [3.05, 3.63) is 36.5 Å². The van der Waals surface area contributed by atoms with Gasteiger partial charge in [-0.15, -0.1) is 0 Å². The quantitative estimate of drug-likeness (QED) is 0.0320. The second kappa shape index (κ2) is 83.5. The molecule has 0 bridgehead atoms. The fraction of sp³-hybridized carbons (Fsp3) is 0.909. The molecule has 0 aromatic heterocycles. The van der Waals surface area contributed by atoms with Gasteiger partial charge in [-0.1, -0.05) is 448 Å². The van der Waals surface area contributed by atoms with Gasteiger partial charge in [0.25, 0.3) is 0 Å². The first kappa shape index (κ1) is 92.1. The Morgan fingerprint density at radius 3 is 0.809 bits per heavy atom. The number of hydrogen-bond acceptors (Lipinski definition) is 5. The average molecular weight is 1320 g/mol. The third-order valence-corrected chi connectivity index (χ3v) is 20.4. The summed E-state index contributed by atoms with van der Waals surface area (Å²) >= 11 is 0. The van der Waals surface area contributed by atoms with Crippen LogP contribution in [0.15, 0.2) is 36.5 Å². The minimum Gasteiger partial charge on any atom is -0.466 e. The lowest BCUT2D eigenvalue weighted by molar-refractivity contribution is -0.143. The lowest BCUT2D eigenvalue weighted by Gasteiger charge is -2.20. The van der Waals surface area contributed by atoms with E-state index in [1.165, 1.54) is 417 Å². The van der Waals surface area contributed by atoms with Crippen LogP contribution in [0.1, 0.15) is 489 Å². The highest BCUT2D eigenvalue weighted by atomic mass is 16.5. The van der Waals surface area contributed by atoms with E-state index in [9.17, 15) is 19.8 Å². The number of aliphatic hydroxyl groups is 2. The Morgan fingerprint density at radius 2 is 0.532 bits per heavy atom. The largest absolute Gasteiger partial charge is 0.466 e. The maximum Gasteiger partial charge on any atom is 0.305 e. The molecule has 6 heteroatoms. The van der Waals surface area contributed by atoms with Crippen molar-refractivity contribution in [3.63, 3.8) is 0 Å². The Labute approximate surface area is 589 Å². The highest BCUT2D eigenvalue weighted by Crippen LogP contribution is 2.20. The zero-order valence-electron chi connectivity index (χ0n) is 64.0. The lowest BCUT2D eigenvalue weighted by atomic mass is 10.0. The van der Waals surface area contributed by atoms with Crippen molar-refractivity contribution in [1.82, 2.24) is 5.32 Å². The van der Waals surface area contributed by atoms with Crippen molar-refractivity contribution in [1.29, 1.82) is 0 Å². The fourth-order valence-corrected chi connectivity index (χ4v) is 13.8. The van der Waals surface area contributed by atoms with Crippen LogP contribution in [0.3, 0.4) is 0 Å². The number of rotatable bonds is 82. The normalized spacial score (nSPS) is 12.6. The molecule has 0 radical (unpaired) electrons. The third-order valence-electron chi connectivity index (χ3n) is 20.4. The summed E-state index contributed by atoms with van der Waals surface area (Å²) in [5.41, 5.74) is 0. The summed E-state index contributed by atoms with van der Waals surface area (Å²) < 4.78 is 5.52. The molecule has 0 aliphatic rings. The summed E-state index contributed by atoms with van der Waals surface area (Å²) in [6, 6.07) is -0.627. The Balaban J connectivity index is 3.36. The van der Waals surface area contributed by atoms with E-state index < -0.39 is 12.1 Å². The predicted molar refractivity (Wildman–Crippen MR) is 416 cm³/mol. The minimum atomic E-state index is -0.844. The molecular formula is C88H169NO5. The number of nitrogens with one attached hydrogen (secondary N) is 1. The molecule has 94 heavy (non-hydrogen) atoms. The van der Waals surface area contributed by atoms with Crippen molar-refractivity contribution in [3.8, 4) is 0 Å². The van der Waals surface area contributed by atoms with Crippen molar-refractivity contribution in [2.45, 2.75) is 501 Å². The molecule has 0 fully saturated rings. The van der Waals surface area contributed by atoms with Crippen molar-refractivity contribution >= 4 is 11.9 Å². The molecule has 0 rings (SSSR count). The van der Waals surface area contributed by atoms with Gasteiger partial charge in [-0.3, -0.25) is 9.59 Å². The number of hydrogen-bond donors (Lipinski definition) is 3. The summed E-state index contributed by atoms with van der Waals surface area (Å²) in [4.78, 5) is 24.7. The van der Waals surface area contributed by atoms with E-state index in [1.807, 2.05) is 6.08 Å². The highest BCUT2D eigenvalue weighted by molar-refractivity contribution is 5.76. The Morgan fingerprint density at radius 1 is 0.298 bits per heavy atom. The number of ether oxygens (including phenoxy) is 1. The van der Waals surface area contributed by atoms with E-state index in [-0.39, 0.29) is 18.5 Å². The minimum absolute atomic E-state index is 0.0251. The molecule has 0 aromatic rings. The van der Waals surface area contributed by atoms with E-state index in [4.69, 9.17) is 4.74 Å². The molecule has 2 atom stereocenters. The van der Waals surface area contributed by atoms with Gasteiger partial charge in [0, 0.05) is 12.8 Å². The van der Waals surface area contributed by atoms with Crippen LogP contribution in [0, 0.1) is 0 Å².